The SMILES string of the molecule is CC(C)N1CCNCCCS1(=O)=O. The molecule has 1 aliphatic rings. The first-order valence-corrected chi connectivity index (χ1v) is 6.35. The summed E-state index contributed by atoms with van der Waals surface area (Å²) in [4.78, 5) is 0. The third-order valence-electron chi connectivity index (χ3n) is 2.20. The van der Waals surface area contributed by atoms with Crippen molar-refractivity contribution in [2.75, 3.05) is 25.4 Å². The molecular formula is C8H18N2O2S. The van der Waals surface area contributed by atoms with E-state index in [1.54, 1.807) is 4.31 Å². The van der Waals surface area contributed by atoms with Crippen molar-refractivity contribution in [2.45, 2.75) is 26.3 Å². The highest BCUT2D eigenvalue weighted by Crippen LogP contribution is 2.09. The highest BCUT2D eigenvalue weighted by molar-refractivity contribution is 7.89. The topological polar surface area (TPSA) is 49.4 Å². The molecule has 0 amide bonds. The van der Waals surface area contributed by atoms with Crippen molar-refractivity contribution in [3.63, 3.8) is 0 Å². The molecule has 78 valence electrons. The van der Waals surface area contributed by atoms with Gasteiger partial charge in [0.1, 0.15) is 0 Å². The van der Waals surface area contributed by atoms with Crippen LogP contribution in [0.5, 0.6) is 0 Å². The normalized spacial score (nSPS) is 25.5. The maximum Gasteiger partial charge on any atom is 0.214 e. The van der Waals surface area contributed by atoms with E-state index in [-0.39, 0.29) is 11.8 Å². The van der Waals surface area contributed by atoms with Crippen molar-refractivity contribution in [3.05, 3.63) is 0 Å². The third kappa shape index (κ3) is 2.93. The van der Waals surface area contributed by atoms with Gasteiger partial charge in [-0.1, -0.05) is 0 Å². The molecule has 0 aliphatic carbocycles. The Morgan fingerprint density at radius 3 is 2.62 bits per heavy atom. The molecule has 0 unspecified atom stereocenters. The van der Waals surface area contributed by atoms with Gasteiger partial charge in [0.25, 0.3) is 0 Å². The lowest BCUT2D eigenvalue weighted by atomic mass is 10.4. The molecule has 0 bridgehead atoms. The molecule has 0 aromatic heterocycles. The number of hydrogen-bond donors (Lipinski definition) is 1. The fourth-order valence-corrected chi connectivity index (χ4v) is 3.29. The molecule has 0 aromatic rings. The summed E-state index contributed by atoms with van der Waals surface area (Å²) in [6.07, 6.45) is 0.714. The fourth-order valence-electron chi connectivity index (χ4n) is 1.53. The number of hydrogen-bond acceptors (Lipinski definition) is 3. The van der Waals surface area contributed by atoms with Crippen LogP contribution in [-0.4, -0.2) is 44.2 Å². The molecule has 1 N–H and O–H groups in total. The first kappa shape index (κ1) is 10.9. The summed E-state index contributed by atoms with van der Waals surface area (Å²) < 4.78 is 25.0. The van der Waals surface area contributed by atoms with Crippen LogP contribution >= 0.6 is 0 Å². The minimum absolute atomic E-state index is 0.0740. The second-order valence-electron chi connectivity index (χ2n) is 3.62. The summed E-state index contributed by atoms with van der Waals surface area (Å²) in [7, 11) is -2.99. The Bertz CT molecular complexity index is 249. The Labute approximate surface area is 80.4 Å². The van der Waals surface area contributed by atoms with Crippen LogP contribution in [0.3, 0.4) is 0 Å². The smallest absolute Gasteiger partial charge is 0.214 e. The average Bonchev–Trinajstić information content (AvgIpc) is 1.97. The highest BCUT2D eigenvalue weighted by atomic mass is 32.2. The standard InChI is InChI=1S/C8H18N2O2S/c1-8(2)10-6-5-9-4-3-7-13(10,11)12/h8-9H,3-7H2,1-2H3. The Kier molecular flexibility index (Phi) is 3.70. The van der Waals surface area contributed by atoms with E-state index in [0.29, 0.717) is 13.0 Å². The summed E-state index contributed by atoms with van der Waals surface area (Å²) in [5.41, 5.74) is 0. The zero-order chi connectivity index (χ0) is 9.90. The first-order valence-electron chi connectivity index (χ1n) is 4.74. The van der Waals surface area contributed by atoms with Crippen molar-refractivity contribution in [1.82, 2.24) is 9.62 Å². The molecule has 1 heterocycles. The van der Waals surface area contributed by atoms with Crippen molar-refractivity contribution < 1.29 is 8.42 Å². The van der Waals surface area contributed by atoms with Gasteiger partial charge >= 0.3 is 0 Å². The highest BCUT2D eigenvalue weighted by Gasteiger charge is 2.24. The lowest BCUT2D eigenvalue weighted by molar-refractivity contribution is 0.344. The molecule has 0 atom stereocenters. The number of nitrogens with one attached hydrogen (secondary N) is 1. The Balaban J connectivity index is 2.74. The first-order chi connectivity index (χ1) is 6.04. The fraction of sp³-hybridized carbons (Fsp3) is 1.00. The van der Waals surface area contributed by atoms with Gasteiger partial charge in [0, 0.05) is 19.1 Å². The maximum absolute atomic E-state index is 11.7. The molecule has 4 nitrogen and oxygen atoms in total. The van der Waals surface area contributed by atoms with Crippen LogP contribution in [0.1, 0.15) is 20.3 Å². The van der Waals surface area contributed by atoms with E-state index < -0.39 is 10.0 Å². The third-order valence-corrected chi connectivity index (χ3v) is 4.32. The van der Waals surface area contributed by atoms with E-state index in [2.05, 4.69) is 5.32 Å². The quantitative estimate of drug-likeness (QED) is 0.658. The van der Waals surface area contributed by atoms with Crippen LogP contribution in [-0.2, 0) is 10.0 Å². The Morgan fingerprint density at radius 2 is 2.00 bits per heavy atom. The van der Waals surface area contributed by atoms with Crippen LogP contribution in [0.4, 0.5) is 0 Å². The summed E-state index contributed by atoms with van der Waals surface area (Å²) in [6.45, 7) is 6.00. The number of sulfonamides is 1. The molecule has 13 heavy (non-hydrogen) atoms. The van der Waals surface area contributed by atoms with E-state index in [1.807, 2.05) is 13.8 Å². The summed E-state index contributed by atoms with van der Waals surface area (Å²) in [5, 5.41) is 3.20. The largest absolute Gasteiger partial charge is 0.315 e. The lowest BCUT2D eigenvalue weighted by Gasteiger charge is -2.27. The van der Waals surface area contributed by atoms with E-state index >= 15 is 0 Å². The predicted octanol–water partition coefficient (Wildman–Crippen LogP) is 0.0199. The van der Waals surface area contributed by atoms with Gasteiger partial charge in [0.15, 0.2) is 0 Å². The molecule has 1 aliphatic heterocycles. The Hall–Kier alpha value is -0.130. The van der Waals surface area contributed by atoms with Crippen molar-refractivity contribution in [1.29, 1.82) is 0 Å². The minimum Gasteiger partial charge on any atom is -0.315 e. The predicted molar refractivity (Wildman–Crippen MR) is 53.1 cm³/mol. The van der Waals surface area contributed by atoms with E-state index in [0.717, 1.165) is 13.1 Å². The molecule has 5 heteroatoms. The van der Waals surface area contributed by atoms with Gasteiger partial charge in [0.05, 0.1) is 5.75 Å². The zero-order valence-corrected chi connectivity index (χ0v) is 9.10. The molecule has 1 saturated heterocycles. The zero-order valence-electron chi connectivity index (χ0n) is 8.28. The maximum atomic E-state index is 11.7. The summed E-state index contributed by atoms with van der Waals surface area (Å²) >= 11 is 0. The van der Waals surface area contributed by atoms with Gasteiger partial charge in [-0.3, -0.25) is 0 Å². The van der Waals surface area contributed by atoms with Gasteiger partial charge in [0.2, 0.25) is 10.0 Å². The molecule has 0 saturated carbocycles. The van der Waals surface area contributed by atoms with Crippen LogP contribution in [0.2, 0.25) is 0 Å². The van der Waals surface area contributed by atoms with Crippen LogP contribution in [0.25, 0.3) is 0 Å². The number of rotatable bonds is 1. The van der Waals surface area contributed by atoms with Crippen LogP contribution < -0.4 is 5.32 Å². The van der Waals surface area contributed by atoms with Crippen molar-refractivity contribution in [3.8, 4) is 0 Å². The number of nitrogens with zero attached hydrogens (tertiary/aromatic N) is 1. The molecule has 0 spiro atoms. The summed E-state index contributed by atoms with van der Waals surface area (Å²) in [5.74, 6) is 0.276. The van der Waals surface area contributed by atoms with Gasteiger partial charge in [-0.2, -0.15) is 4.31 Å². The van der Waals surface area contributed by atoms with Gasteiger partial charge in [-0.25, -0.2) is 8.42 Å². The molecule has 1 rings (SSSR count). The van der Waals surface area contributed by atoms with Crippen molar-refractivity contribution in [2.24, 2.45) is 0 Å². The van der Waals surface area contributed by atoms with E-state index in [9.17, 15) is 8.42 Å². The molecular weight excluding hydrogens is 188 g/mol. The van der Waals surface area contributed by atoms with E-state index in [1.165, 1.54) is 0 Å². The van der Waals surface area contributed by atoms with Gasteiger partial charge in [-0.05, 0) is 26.8 Å². The average molecular weight is 206 g/mol. The lowest BCUT2D eigenvalue weighted by Crippen LogP contribution is -2.45. The van der Waals surface area contributed by atoms with E-state index in [4.69, 9.17) is 0 Å². The van der Waals surface area contributed by atoms with Crippen LogP contribution in [0, 0.1) is 0 Å². The van der Waals surface area contributed by atoms with Gasteiger partial charge < -0.3 is 5.32 Å². The summed E-state index contributed by atoms with van der Waals surface area (Å²) in [6, 6.07) is 0.0740. The molecule has 1 fully saturated rings. The molecule has 0 aromatic carbocycles. The molecule has 0 radical (unpaired) electrons. The second-order valence-corrected chi connectivity index (χ2v) is 5.67. The second kappa shape index (κ2) is 4.39. The van der Waals surface area contributed by atoms with Gasteiger partial charge in [-0.15, -0.1) is 0 Å². The van der Waals surface area contributed by atoms with Crippen LogP contribution in [0.15, 0.2) is 0 Å². The monoisotopic (exact) mass is 206 g/mol. The minimum atomic E-state index is -2.99. The Morgan fingerprint density at radius 1 is 1.31 bits per heavy atom. The van der Waals surface area contributed by atoms with Crippen molar-refractivity contribution >= 4 is 10.0 Å².